The van der Waals surface area contributed by atoms with Crippen LogP contribution in [0.3, 0.4) is 0 Å². The van der Waals surface area contributed by atoms with Gasteiger partial charge in [0.15, 0.2) is 0 Å². The number of nitrogens with one attached hydrogen (secondary N) is 2. The lowest BCUT2D eigenvalue weighted by atomic mass is 10.0. The summed E-state index contributed by atoms with van der Waals surface area (Å²) < 4.78 is 1.98. The number of para-hydroxylation sites is 2. The smallest absolute Gasteiger partial charge is 0.321 e. The lowest BCUT2D eigenvalue weighted by Crippen LogP contribution is -2.60. The number of rotatable bonds is 10. The highest BCUT2D eigenvalue weighted by molar-refractivity contribution is 6.01. The van der Waals surface area contributed by atoms with Gasteiger partial charge in [-0.15, -0.1) is 0 Å². The number of carbonyl (C=O) groups excluding carboxylic acids is 1. The molecule has 1 aliphatic rings. The monoisotopic (exact) mass is 576 g/mol. The molecule has 3 aromatic carbocycles. The van der Waals surface area contributed by atoms with Gasteiger partial charge in [0.05, 0.1) is 16.7 Å². The SMILES string of the molecule is CCCCCCN1CCN(C(=O)Nc2cccc3ccccc23)CC1C(C)Nc1nccc(-n2cnc3ccccc32)n1. The van der Waals surface area contributed by atoms with Crippen molar-refractivity contribution in [2.75, 3.05) is 36.8 Å². The molecule has 43 heavy (non-hydrogen) atoms. The van der Waals surface area contributed by atoms with Crippen LogP contribution in [0.4, 0.5) is 16.4 Å². The number of unbranched alkanes of at least 4 members (excludes halogenated alkanes) is 3. The second-order valence-corrected chi connectivity index (χ2v) is 11.3. The highest BCUT2D eigenvalue weighted by Gasteiger charge is 2.33. The number of anilines is 2. The van der Waals surface area contributed by atoms with Crippen LogP contribution in [0.2, 0.25) is 0 Å². The zero-order valence-corrected chi connectivity index (χ0v) is 25.0. The van der Waals surface area contributed by atoms with Crippen molar-refractivity contribution in [3.8, 4) is 5.82 Å². The second kappa shape index (κ2) is 13.2. The highest BCUT2D eigenvalue weighted by Crippen LogP contribution is 2.25. The Labute approximate surface area is 253 Å². The fourth-order valence-corrected chi connectivity index (χ4v) is 6.05. The maximum Gasteiger partial charge on any atom is 0.321 e. The van der Waals surface area contributed by atoms with Gasteiger partial charge in [-0.05, 0) is 49.5 Å². The van der Waals surface area contributed by atoms with E-state index in [2.05, 4.69) is 57.5 Å². The van der Waals surface area contributed by atoms with E-state index in [1.807, 2.05) is 64.1 Å². The molecule has 5 aromatic rings. The first-order valence-electron chi connectivity index (χ1n) is 15.4. The fraction of sp³-hybridized carbons (Fsp3) is 0.353. The minimum atomic E-state index is -0.0654. The van der Waals surface area contributed by atoms with Crippen LogP contribution in [0, 0.1) is 0 Å². The molecule has 0 spiro atoms. The Hall–Kier alpha value is -4.50. The molecule has 0 radical (unpaired) electrons. The van der Waals surface area contributed by atoms with E-state index in [0.29, 0.717) is 19.0 Å². The van der Waals surface area contributed by atoms with Gasteiger partial charge in [-0.2, -0.15) is 4.98 Å². The Kier molecular flexibility index (Phi) is 8.79. The van der Waals surface area contributed by atoms with Gasteiger partial charge in [0, 0.05) is 43.3 Å². The van der Waals surface area contributed by atoms with E-state index in [1.54, 1.807) is 12.5 Å². The maximum absolute atomic E-state index is 13.6. The number of imidazole rings is 1. The Bertz CT molecular complexity index is 1680. The summed E-state index contributed by atoms with van der Waals surface area (Å²) in [7, 11) is 0. The summed E-state index contributed by atoms with van der Waals surface area (Å²) in [6.45, 7) is 7.55. The van der Waals surface area contributed by atoms with E-state index in [-0.39, 0.29) is 18.1 Å². The van der Waals surface area contributed by atoms with Crippen LogP contribution < -0.4 is 10.6 Å². The van der Waals surface area contributed by atoms with Crippen molar-refractivity contribution in [2.24, 2.45) is 0 Å². The number of benzene rings is 3. The number of piperazine rings is 1. The van der Waals surface area contributed by atoms with E-state index >= 15 is 0 Å². The van der Waals surface area contributed by atoms with Gasteiger partial charge in [0.25, 0.3) is 0 Å². The van der Waals surface area contributed by atoms with Crippen molar-refractivity contribution >= 4 is 39.5 Å². The average molecular weight is 577 g/mol. The van der Waals surface area contributed by atoms with Crippen LogP contribution in [0.15, 0.2) is 85.3 Å². The predicted molar refractivity (Wildman–Crippen MR) is 174 cm³/mol. The first-order valence-corrected chi connectivity index (χ1v) is 15.4. The molecule has 1 saturated heterocycles. The molecule has 6 rings (SSSR count). The van der Waals surface area contributed by atoms with Gasteiger partial charge in [-0.1, -0.05) is 74.7 Å². The van der Waals surface area contributed by atoms with Crippen LogP contribution in [-0.4, -0.2) is 73.6 Å². The maximum atomic E-state index is 13.6. The molecular formula is C34H40N8O. The highest BCUT2D eigenvalue weighted by atomic mass is 16.2. The standard InChI is InChI=1S/C34H40N8O/c1-3-4-5-10-20-40-21-22-41(34(43)38-28-16-11-13-26-12-6-7-14-27(26)28)23-31(40)25(2)37-33-35-19-18-32(39-33)42-24-36-29-15-8-9-17-30(29)42/h6-9,11-19,24-25,31H,3-5,10,20-23H2,1-2H3,(H,38,43)(H,35,37,39). The summed E-state index contributed by atoms with van der Waals surface area (Å²) >= 11 is 0. The number of aromatic nitrogens is 4. The Morgan fingerprint density at radius 1 is 0.953 bits per heavy atom. The van der Waals surface area contributed by atoms with E-state index in [4.69, 9.17) is 4.98 Å². The molecule has 1 aliphatic heterocycles. The Balaban J connectivity index is 1.18. The van der Waals surface area contributed by atoms with E-state index in [9.17, 15) is 4.79 Å². The normalized spacial score (nSPS) is 16.4. The van der Waals surface area contributed by atoms with Crippen molar-refractivity contribution < 1.29 is 4.79 Å². The summed E-state index contributed by atoms with van der Waals surface area (Å²) in [5, 5.41) is 8.92. The largest absolute Gasteiger partial charge is 0.350 e. The molecule has 2 atom stereocenters. The van der Waals surface area contributed by atoms with Gasteiger partial charge in [-0.25, -0.2) is 14.8 Å². The Morgan fingerprint density at radius 3 is 2.70 bits per heavy atom. The molecule has 0 aliphatic carbocycles. The number of hydrogen-bond acceptors (Lipinski definition) is 6. The molecule has 0 saturated carbocycles. The molecule has 2 N–H and O–H groups in total. The van der Waals surface area contributed by atoms with Crippen molar-refractivity contribution in [3.63, 3.8) is 0 Å². The number of nitrogens with zero attached hydrogens (tertiary/aromatic N) is 6. The first kappa shape index (κ1) is 28.6. The fourth-order valence-electron chi connectivity index (χ4n) is 6.05. The number of fused-ring (bicyclic) bond motifs is 2. The quantitative estimate of drug-likeness (QED) is 0.183. The molecule has 2 aromatic heterocycles. The number of carbonyl (C=O) groups is 1. The molecular weight excluding hydrogens is 536 g/mol. The summed E-state index contributed by atoms with van der Waals surface area (Å²) in [6, 6.07) is 24.1. The zero-order valence-electron chi connectivity index (χ0n) is 25.0. The minimum absolute atomic E-state index is 0.00844. The van der Waals surface area contributed by atoms with Crippen LogP contribution >= 0.6 is 0 Å². The van der Waals surface area contributed by atoms with Gasteiger partial charge >= 0.3 is 6.03 Å². The third-order valence-corrected chi connectivity index (χ3v) is 8.43. The average Bonchev–Trinajstić information content (AvgIpc) is 3.48. The third kappa shape index (κ3) is 6.46. The zero-order chi connectivity index (χ0) is 29.6. The summed E-state index contributed by atoms with van der Waals surface area (Å²) in [5.74, 6) is 1.32. The van der Waals surface area contributed by atoms with Crippen LogP contribution in [-0.2, 0) is 0 Å². The molecule has 222 valence electrons. The second-order valence-electron chi connectivity index (χ2n) is 11.3. The number of amides is 2. The molecule has 0 bridgehead atoms. The van der Waals surface area contributed by atoms with Gasteiger partial charge in [0.1, 0.15) is 12.1 Å². The van der Waals surface area contributed by atoms with Crippen molar-refractivity contribution in [1.29, 1.82) is 0 Å². The van der Waals surface area contributed by atoms with Crippen LogP contribution in [0.5, 0.6) is 0 Å². The molecule has 3 heterocycles. The first-order chi connectivity index (χ1) is 21.1. The van der Waals surface area contributed by atoms with Crippen molar-refractivity contribution in [2.45, 2.75) is 51.6 Å². The third-order valence-electron chi connectivity index (χ3n) is 8.43. The summed E-state index contributed by atoms with van der Waals surface area (Å²) in [5.41, 5.74) is 2.76. The van der Waals surface area contributed by atoms with Crippen LogP contribution in [0.1, 0.15) is 39.5 Å². The van der Waals surface area contributed by atoms with Gasteiger partial charge < -0.3 is 15.5 Å². The molecule has 9 heteroatoms. The van der Waals surface area contributed by atoms with Crippen molar-refractivity contribution in [3.05, 3.63) is 85.3 Å². The van der Waals surface area contributed by atoms with Gasteiger partial charge in [-0.3, -0.25) is 9.47 Å². The lowest BCUT2D eigenvalue weighted by Gasteiger charge is -2.44. The minimum Gasteiger partial charge on any atom is -0.350 e. The number of hydrogen-bond donors (Lipinski definition) is 2. The molecule has 9 nitrogen and oxygen atoms in total. The molecule has 2 amide bonds. The lowest BCUT2D eigenvalue weighted by molar-refractivity contribution is 0.0844. The van der Waals surface area contributed by atoms with Gasteiger partial charge in [0.2, 0.25) is 5.95 Å². The summed E-state index contributed by atoms with van der Waals surface area (Å²) in [6.07, 6.45) is 8.40. The molecule has 1 fully saturated rings. The predicted octanol–water partition coefficient (Wildman–Crippen LogP) is 6.57. The van der Waals surface area contributed by atoms with Crippen LogP contribution in [0.25, 0.3) is 27.6 Å². The van der Waals surface area contributed by atoms with E-state index in [0.717, 1.165) is 52.8 Å². The molecule has 2 unspecified atom stereocenters. The van der Waals surface area contributed by atoms with Crippen molar-refractivity contribution in [1.82, 2.24) is 29.3 Å². The number of urea groups is 1. The topological polar surface area (TPSA) is 91.2 Å². The van der Waals surface area contributed by atoms with E-state index in [1.165, 1.54) is 19.3 Å². The van der Waals surface area contributed by atoms with E-state index < -0.39 is 0 Å². The summed E-state index contributed by atoms with van der Waals surface area (Å²) in [4.78, 5) is 31.9. The Morgan fingerprint density at radius 2 is 1.79 bits per heavy atom.